The molecule has 2 heterocycles. The van der Waals surface area contributed by atoms with Crippen molar-refractivity contribution in [2.45, 2.75) is 32.7 Å². The van der Waals surface area contributed by atoms with Crippen LogP contribution in [0.4, 0.5) is 0 Å². The van der Waals surface area contributed by atoms with E-state index in [2.05, 4.69) is 10.3 Å². The molecule has 0 spiro atoms. The summed E-state index contributed by atoms with van der Waals surface area (Å²) in [6, 6.07) is 2.46. The van der Waals surface area contributed by atoms with Crippen molar-refractivity contribution in [2.75, 3.05) is 13.6 Å². The third-order valence-corrected chi connectivity index (χ3v) is 4.20. The predicted octanol–water partition coefficient (Wildman–Crippen LogP) is 0.750. The standard InChI is InChI=1S/C16H21N3O4/c1-9-4-6-12(10(2)18-9)15(21)19-8-11(14(20)17-3)5-7-13(19)16(22)23/h4,6,11,13H,5,7-8H2,1-3H3,(H,17,20)(H,22,23)/t11-,13-/m0/s1. The van der Waals surface area contributed by atoms with Crippen molar-refractivity contribution in [3.8, 4) is 0 Å². The average Bonchev–Trinajstić information content (AvgIpc) is 2.52. The Labute approximate surface area is 134 Å². The first kappa shape index (κ1) is 16.9. The third-order valence-electron chi connectivity index (χ3n) is 4.20. The molecule has 2 rings (SSSR count). The van der Waals surface area contributed by atoms with Crippen LogP contribution in [-0.4, -0.2) is 52.4 Å². The van der Waals surface area contributed by atoms with Crippen molar-refractivity contribution in [1.82, 2.24) is 15.2 Å². The summed E-state index contributed by atoms with van der Waals surface area (Å²) in [4.78, 5) is 41.7. The van der Waals surface area contributed by atoms with Crippen molar-refractivity contribution in [3.05, 3.63) is 29.1 Å². The Morgan fingerprint density at radius 1 is 1.26 bits per heavy atom. The normalized spacial score (nSPS) is 20.9. The maximum Gasteiger partial charge on any atom is 0.326 e. The zero-order valence-electron chi connectivity index (χ0n) is 13.5. The number of likely N-dealkylation sites (tertiary alicyclic amines) is 1. The number of amides is 2. The van der Waals surface area contributed by atoms with E-state index in [0.717, 1.165) is 5.69 Å². The van der Waals surface area contributed by atoms with E-state index in [4.69, 9.17) is 0 Å². The number of nitrogens with one attached hydrogen (secondary N) is 1. The Bertz CT molecular complexity index is 644. The molecule has 1 aromatic rings. The van der Waals surface area contributed by atoms with Crippen LogP contribution in [-0.2, 0) is 9.59 Å². The number of rotatable bonds is 3. The molecule has 1 aliphatic heterocycles. The minimum atomic E-state index is -1.05. The van der Waals surface area contributed by atoms with E-state index in [0.29, 0.717) is 17.7 Å². The summed E-state index contributed by atoms with van der Waals surface area (Å²) >= 11 is 0. The zero-order chi connectivity index (χ0) is 17.1. The van der Waals surface area contributed by atoms with Crippen LogP contribution >= 0.6 is 0 Å². The zero-order valence-corrected chi connectivity index (χ0v) is 13.5. The number of aryl methyl sites for hydroxylation is 2. The molecular formula is C16H21N3O4. The lowest BCUT2D eigenvalue weighted by atomic mass is 9.91. The highest BCUT2D eigenvalue weighted by atomic mass is 16.4. The Morgan fingerprint density at radius 2 is 1.96 bits per heavy atom. The maximum atomic E-state index is 12.8. The number of aromatic nitrogens is 1. The molecule has 124 valence electrons. The van der Waals surface area contributed by atoms with Crippen molar-refractivity contribution < 1.29 is 19.5 Å². The van der Waals surface area contributed by atoms with Crippen LogP contribution in [0.5, 0.6) is 0 Å². The Balaban J connectivity index is 2.31. The molecule has 0 radical (unpaired) electrons. The lowest BCUT2D eigenvalue weighted by Gasteiger charge is -2.37. The van der Waals surface area contributed by atoms with Crippen molar-refractivity contribution >= 4 is 17.8 Å². The van der Waals surface area contributed by atoms with Gasteiger partial charge in [0.1, 0.15) is 6.04 Å². The number of carboxylic acids is 1. The number of aliphatic carboxylic acids is 1. The number of hydrogen-bond donors (Lipinski definition) is 2. The molecule has 1 saturated heterocycles. The van der Waals surface area contributed by atoms with Gasteiger partial charge in [-0.15, -0.1) is 0 Å². The van der Waals surface area contributed by atoms with Crippen LogP contribution in [0.2, 0.25) is 0 Å². The van der Waals surface area contributed by atoms with Gasteiger partial charge < -0.3 is 15.3 Å². The molecule has 1 aliphatic rings. The van der Waals surface area contributed by atoms with E-state index in [1.54, 1.807) is 19.1 Å². The summed E-state index contributed by atoms with van der Waals surface area (Å²) in [7, 11) is 1.53. The van der Waals surface area contributed by atoms with E-state index in [9.17, 15) is 19.5 Å². The van der Waals surface area contributed by atoms with Crippen LogP contribution in [0.25, 0.3) is 0 Å². The first-order valence-electron chi connectivity index (χ1n) is 7.54. The topological polar surface area (TPSA) is 99.6 Å². The van der Waals surface area contributed by atoms with Gasteiger partial charge in [-0.2, -0.15) is 0 Å². The molecular weight excluding hydrogens is 298 g/mol. The van der Waals surface area contributed by atoms with Gasteiger partial charge in [0.05, 0.1) is 17.2 Å². The molecule has 0 aliphatic carbocycles. The molecule has 2 atom stereocenters. The van der Waals surface area contributed by atoms with Crippen LogP contribution in [0, 0.1) is 19.8 Å². The largest absolute Gasteiger partial charge is 0.480 e. The Hall–Kier alpha value is -2.44. The number of carboxylic acid groups (broad SMARTS) is 1. The van der Waals surface area contributed by atoms with Crippen LogP contribution in [0.3, 0.4) is 0 Å². The van der Waals surface area contributed by atoms with E-state index in [-0.39, 0.29) is 18.9 Å². The van der Waals surface area contributed by atoms with Crippen LogP contribution in [0.15, 0.2) is 12.1 Å². The fourth-order valence-electron chi connectivity index (χ4n) is 2.94. The van der Waals surface area contributed by atoms with Gasteiger partial charge >= 0.3 is 5.97 Å². The van der Waals surface area contributed by atoms with Gasteiger partial charge in [0.2, 0.25) is 5.91 Å². The lowest BCUT2D eigenvalue weighted by Crippen LogP contribution is -2.53. The fourth-order valence-corrected chi connectivity index (χ4v) is 2.94. The third kappa shape index (κ3) is 3.49. The molecule has 7 nitrogen and oxygen atoms in total. The molecule has 1 aromatic heterocycles. The van der Waals surface area contributed by atoms with Gasteiger partial charge in [-0.25, -0.2) is 4.79 Å². The van der Waals surface area contributed by atoms with Crippen molar-refractivity contribution in [1.29, 1.82) is 0 Å². The van der Waals surface area contributed by atoms with E-state index >= 15 is 0 Å². The average molecular weight is 319 g/mol. The van der Waals surface area contributed by atoms with Gasteiger partial charge in [-0.1, -0.05) is 0 Å². The highest BCUT2D eigenvalue weighted by molar-refractivity contribution is 5.98. The fraction of sp³-hybridized carbons (Fsp3) is 0.500. The molecule has 23 heavy (non-hydrogen) atoms. The first-order chi connectivity index (χ1) is 10.8. The van der Waals surface area contributed by atoms with Crippen molar-refractivity contribution in [2.24, 2.45) is 5.92 Å². The molecule has 2 N–H and O–H groups in total. The summed E-state index contributed by atoms with van der Waals surface area (Å²) in [5, 5.41) is 12.0. The highest BCUT2D eigenvalue weighted by Gasteiger charge is 2.38. The van der Waals surface area contributed by atoms with E-state index in [1.165, 1.54) is 11.9 Å². The number of pyridine rings is 1. The predicted molar refractivity (Wildman–Crippen MR) is 83.0 cm³/mol. The molecule has 0 bridgehead atoms. The Kier molecular flexibility index (Phi) is 4.98. The quantitative estimate of drug-likeness (QED) is 0.856. The molecule has 0 aromatic carbocycles. The number of nitrogens with zero attached hydrogens (tertiary/aromatic N) is 2. The number of carbonyl (C=O) groups is 3. The van der Waals surface area contributed by atoms with Crippen LogP contribution in [0.1, 0.15) is 34.6 Å². The molecule has 7 heteroatoms. The summed E-state index contributed by atoms with van der Waals surface area (Å²) in [5.74, 6) is -2.01. The SMILES string of the molecule is CNC(=O)[C@H]1CC[C@@H](C(=O)O)N(C(=O)c2ccc(C)nc2C)C1. The maximum absolute atomic E-state index is 12.8. The highest BCUT2D eigenvalue weighted by Crippen LogP contribution is 2.25. The number of carbonyl (C=O) groups excluding carboxylic acids is 2. The minimum absolute atomic E-state index is 0.1000. The summed E-state index contributed by atoms with van der Waals surface area (Å²) in [6.07, 6.45) is 0.711. The Morgan fingerprint density at radius 3 is 2.52 bits per heavy atom. The summed E-state index contributed by atoms with van der Waals surface area (Å²) in [6.45, 7) is 3.64. The second-order valence-corrected chi connectivity index (χ2v) is 5.79. The second-order valence-electron chi connectivity index (χ2n) is 5.79. The van der Waals surface area contributed by atoms with Gasteiger partial charge in [-0.3, -0.25) is 14.6 Å². The van der Waals surface area contributed by atoms with Gasteiger partial charge in [0.25, 0.3) is 5.91 Å². The number of piperidine rings is 1. The molecule has 0 saturated carbocycles. The van der Waals surface area contributed by atoms with Gasteiger partial charge in [0.15, 0.2) is 0 Å². The van der Waals surface area contributed by atoms with Gasteiger partial charge in [0, 0.05) is 19.3 Å². The minimum Gasteiger partial charge on any atom is -0.480 e. The smallest absolute Gasteiger partial charge is 0.326 e. The van der Waals surface area contributed by atoms with Crippen molar-refractivity contribution in [3.63, 3.8) is 0 Å². The number of hydrogen-bond acceptors (Lipinski definition) is 4. The summed E-state index contributed by atoms with van der Waals surface area (Å²) in [5.41, 5.74) is 1.72. The first-order valence-corrected chi connectivity index (χ1v) is 7.54. The lowest BCUT2D eigenvalue weighted by molar-refractivity contribution is -0.145. The van der Waals surface area contributed by atoms with E-state index in [1.807, 2.05) is 6.92 Å². The summed E-state index contributed by atoms with van der Waals surface area (Å²) < 4.78 is 0. The van der Waals surface area contributed by atoms with Gasteiger partial charge in [-0.05, 0) is 38.8 Å². The molecule has 0 unspecified atom stereocenters. The van der Waals surface area contributed by atoms with Crippen LogP contribution < -0.4 is 5.32 Å². The molecule has 2 amide bonds. The second kappa shape index (κ2) is 6.76. The van der Waals surface area contributed by atoms with E-state index < -0.39 is 23.8 Å². The molecule has 1 fully saturated rings. The monoisotopic (exact) mass is 319 g/mol.